The highest BCUT2D eigenvalue weighted by Gasteiger charge is 2.11. The Kier molecular flexibility index (Phi) is 7.56. The third kappa shape index (κ3) is 6.92. The second-order valence-electron chi connectivity index (χ2n) is 2.75. The zero-order chi connectivity index (χ0) is 8.69. The molecule has 2 atom stereocenters. The van der Waals surface area contributed by atoms with E-state index in [2.05, 4.69) is 6.92 Å². The van der Waals surface area contributed by atoms with E-state index in [1.54, 1.807) is 0 Å². The Morgan fingerprint density at radius 2 is 2.09 bits per heavy atom. The molecule has 3 heteroatoms. The molecule has 0 aromatic heterocycles. The summed E-state index contributed by atoms with van der Waals surface area (Å²) in [6.07, 6.45) is 2.80. The SMILES string of the molecule is CCCCC([O])CC(Cl)CCl. The van der Waals surface area contributed by atoms with Gasteiger partial charge in [0.1, 0.15) is 0 Å². The van der Waals surface area contributed by atoms with Gasteiger partial charge in [0.15, 0.2) is 0 Å². The van der Waals surface area contributed by atoms with Gasteiger partial charge in [0, 0.05) is 11.3 Å². The second kappa shape index (κ2) is 7.20. The topological polar surface area (TPSA) is 19.9 Å². The molecule has 0 aliphatic heterocycles. The summed E-state index contributed by atoms with van der Waals surface area (Å²) in [5.74, 6) is 0.381. The lowest BCUT2D eigenvalue weighted by molar-refractivity contribution is 0.0721. The smallest absolute Gasteiger partial charge is 0.0944 e. The second-order valence-corrected chi connectivity index (χ2v) is 3.68. The number of alkyl halides is 2. The van der Waals surface area contributed by atoms with E-state index in [0.29, 0.717) is 12.3 Å². The quantitative estimate of drug-likeness (QED) is 0.584. The summed E-state index contributed by atoms with van der Waals surface area (Å²) in [6.45, 7) is 2.08. The van der Waals surface area contributed by atoms with Crippen LogP contribution in [0.3, 0.4) is 0 Å². The maximum atomic E-state index is 11.1. The van der Waals surface area contributed by atoms with Gasteiger partial charge in [0.2, 0.25) is 0 Å². The van der Waals surface area contributed by atoms with E-state index in [1.165, 1.54) is 0 Å². The third-order valence-corrected chi connectivity index (χ3v) is 2.43. The van der Waals surface area contributed by atoms with Gasteiger partial charge in [-0.3, -0.25) is 0 Å². The van der Waals surface area contributed by atoms with Crippen molar-refractivity contribution in [3.63, 3.8) is 0 Å². The number of hydrogen-bond donors (Lipinski definition) is 0. The molecule has 0 rings (SSSR count). The van der Waals surface area contributed by atoms with E-state index >= 15 is 0 Å². The summed E-state index contributed by atoms with van der Waals surface area (Å²) in [5.41, 5.74) is 0. The van der Waals surface area contributed by atoms with Crippen LogP contribution in [0.15, 0.2) is 0 Å². The molecule has 0 aromatic carbocycles. The van der Waals surface area contributed by atoms with Crippen LogP contribution in [0.5, 0.6) is 0 Å². The highest BCUT2D eigenvalue weighted by molar-refractivity contribution is 6.28. The third-order valence-electron chi connectivity index (χ3n) is 1.57. The van der Waals surface area contributed by atoms with Crippen LogP contribution in [0.1, 0.15) is 32.6 Å². The van der Waals surface area contributed by atoms with Gasteiger partial charge in [-0.1, -0.05) is 19.8 Å². The predicted molar refractivity (Wildman–Crippen MR) is 49.0 cm³/mol. The van der Waals surface area contributed by atoms with Crippen LogP contribution in [-0.2, 0) is 5.11 Å². The molecule has 0 aliphatic rings. The first kappa shape index (κ1) is 11.5. The Morgan fingerprint density at radius 1 is 1.45 bits per heavy atom. The Labute approximate surface area is 78.7 Å². The molecule has 0 spiro atoms. The summed E-state index contributed by atoms with van der Waals surface area (Å²) >= 11 is 11.2. The fraction of sp³-hybridized carbons (Fsp3) is 1.00. The zero-order valence-electron chi connectivity index (χ0n) is 6.85. The van der Waals surface area contributed by atoms with Gasteiger partial charge in [-0.25, -0.2) is 5.11 Å². The van der Waals surface area contributed by atoms with Gasteiger partial charge in [-0.05, 0) is 12.8 Å². The molecule has 0 saturated carbocycles. The van der Waals surface area contributed by atoms with Gasteiger partial charge in [-0.15, -0.1) is 23.2 Å². The summed E-state index contributed by atoms with van der Waals surface area (Å²) in [4.78, 5) is 0. The average Bonchev–Trinajstić information content (AvgIpc) is 2.00. The van der Waals surface area contributed by atoms with Gasteiger partial charge in [0.25, 0.3) is 0 Å². The first-order valence-corrected chi connectivity index (χ1v) is 5.03. The van der Waals surface area contributed by atoms with Crippen molar-refractivity contribution in [2.24, 2.45) is 0 Å². The highest BCUT2D eigenvalue weighted by Crippen LogP contribution is 2.12. The minimum atomic E-state index is -0.517. The molecule has 0 bridgehead atoms. The zero-order valence-corrected chi connectivity index (χ0v) is 8.37. The van der Waals surface area contributed by atoms with E-state index in [9.17, 15) is 5.11 Å². The Bertz CT molecular complexity index is 88.2. The molecule has 1 nitrogen and oxygen atoms in total. The van der Waals surface area contributed by atoms with E-state index in [1.807, 2.05) is 0 Å². The lowest BCUT2D eigenvalue weighted by Crippen LogP contribution is -2.13. The number of halogens is 2. The lowest BCUT2D eigenvalue weighted by Gasteiger charge is -2.09. The molecule has 2 unspecified atom stereocenters. The lowest BCUT2D eigenvalue weighted by atomic mass is 10.1. The van der Waals surface area contributed by atoms with Gasteiger partial charge < -0.3 is 0 Å². The van der Waals surface area contributed by atoms with E-state index in [0.717, 1.165) is 19.3 Å². The molecule has 0 amide bonds. The van der Waals surface area contributed by atoms with Crippen LogP contribution in [0.25, 0.3) is 0 Å². The van der Waals surface area contributed by atoms with Crippen molar-refractivity contribution in [1.82, 2.24) is 0 Å². The minimum Gasteiger partial charge on any atom is -0.233 e. The maximum absolute atomic E-state index is 11.1. The van der Waals surface area contributed by atoms with Crippen LogP contribution >= 0.6 is 23.2 Å². The van der Waals surface area contributed by atoms with Crippen molar-refractivity contribution in [3.8, 4) is 0 Å². The molecule has 11 heavy (non-hydrogen) atoms. The molecule has 67 valence electrons. The molecule has 1 radical (unpaired) electrons. The summed E-state index contributed by atoms with van der Waals surface area (Å²) in [5, 5.41) is 11.0. The average molecular weight is 198 g/mol. The molecule has 0 saturated heterocycles. The van der Waals surface area contributed by atoms with E-state index in [4.69, 9.17) is 23.2 Å². The first-order chi connectivity index (χ1) is 5.20. The fourth-order valence-electron chi connectivity index (χ4n) is 0.898. The fourth-order valence-corrected chi connectivity index (χ4v) is 1.22. The van der Waals surface area contributed by atoms with Crippen molar-refractivity contribution in [1.29, 1.82) is 0 Å². The highest BCUT2D eigenvalue weighted by atomic mass is 35.5. The van der Waals surface area contributed by atoms with Gasteiger partial charge >= 0.3 is 0 Å². The van der Waals surface area contributed by atoms with Crippen molar-refractivity contribution in [2.45, 2.75) is 44.1 Å². The van der Waals surface area contributed by atoms with Crippen LogP contribution in [0, 0.1) is 0 Å². The number of hydrogen-bond acceptors (Lipinski definition) is 0. The van der Waals surface area contributed by atoms with Crippen molar-refractivity contribution < 1.29 is 5.11 Å². The summed E-state index contributed by atoms with van der Waals surface area (Å²) < 4.78 is 0. The number of unbranched alkanes of at least 4 members (excludes halogenated alkanes) is 1. The van der Waals surface area contributed by atoms with Crippen LogP contribution < -0.4 is 0 Å². The van der Waals surface area contributed by atoms with Crippen LogP contribution in [0.4, 0.5) is 0 Å². The number of rotatable bonds is 6. The van der Waals surface area contributed by atoms with Gasteiger partial charge in [0.05, 0.1) is 6.10 Å². The molecular weight excluding hydrogens is 183 g/mol. The standard InChI is InChI=1S/C8H15Cl2O/c1-2-3-4-8(11)5-7(10)6-9/h7-8H,2-6H2,1H3. The van der Waals surface area contributed by atoms with Crippen molar-refractivity contribution in [2.75, 3.05) is 5.88 Å². The van der Waals surface area contributed by atoms with Crippen molar-refractivity contribution in [3.05, 3.63) is 0 Å². The largest absolute Gasteiger partial charge is 0.233 e. The first-order valence-electron chi connectivity index (χ1n) is 4.06. The minimum absolute atomic E-state index is 0.143. The van der Waals surface area contributed by atoms with Crippen molar-refractivity contribution >= 4 is 23.2 Å². The Balaban J connectivity index is 3.27. The predicted octanol–water partition coefficient (Wildman–Crippen LogP) is 3.21. The molecule has 0 heterocycles. The normalized spacial score (nSPS) is 16.4. The van der Waals surface area contributed by atoms with Crippen LogP contribution in [-0.4, -0.2) is 17.4 Å². The van der Waals surface area contributed by atoms with Crippen LogP contribution in [0.2, 0.25) is 0 Å². The Morgan fingerprint density at radius 3 is 2.55 bits per heavy atom. The molecule has 0 aromatic rings. The van der Waals surface area contributed by atoms with Gasteiger partial charge in [-0.2, -0.15) is 0 Å². The Hall–Kier alpha value is 0.540. The molecule has 0 aliphatic carbocycles. The molecule has 0 N–H and O–H groups in total. The monoisotopic (exact) mass is 197 g/mol. The van der Waals surface area contributed by atoms with E-state index < -0.39 is 6.10 Å². The summed E-state index contributed by atoms with van der Waals surface area (Å²) in [7, 11) is 0. The summed E-state index contributed by atoms with van der Waals surface area (Å²) in [6, 6.07) is 0. The van der Waals surface area contributed by atoms with E-state index in [-0.39, 0.29) is 5.38 Å². The molecule has 0 fully saturated rings. The maximum Gasteiger partial charge on any atom is 0.0944 e. The molecular formula is C8H15Cl2O.